The second-order valence-electron chi connectivity index (χ2n) is 20.7. The molecular formula is C60H111NO10. The second-order valence-corrected chi connectivity index (χ2v) is 20.7. The van der Waals surface area contributed by atoms with Crippen molar-refractivity contribution in [1.82, 2.24) is 5.32 Å². The Morgan fingerprint density at radius 3 is 1.37 bits per heavy atom. The van der Waals surface area contributed by atoms with Gasteiger partial charge in [-0.05, 0) is 83.5 Å². The SMILES string of the molecule is CCCCC/C=C/CC/C=C/CCCC(O)C(O)C(COC1OC(CO)C(O)C(O)C1O)NC(=O)C(O)CCCCCCCCCCCCCCCCCC/C=C\C/C=C\CCCCCCCCCCC. The van der Waals surface area contributed by atoms with Crippen LogP contribution in [0.1, 0.15) is 258 Å². The first kappa shape index (κ1) is 67.1. The number of aliphatic hydroxyl groups is 7. The Labute approximate surface area is 434 Å². The zero-order valence-corrected chi connectivity index (χ0v) is 45.5. The fourth-order valence-electron chi connectivity index (χ4n) is 9.25. The summed E-state index contributed by atoms with van der Waals surface area (Å²) in [4.78, 5) is 13.2. The summed E-state index contributed by atoms with van der Waals surface area (Å²) in [6.07, 6.45) is 50.5. The molecule has 1 rings (SSSR count). The molecule has 9 unspecified atom stereocenters. The van der Waals surface area contributed by atoms with E-state index in [1.54, 1.807) is 0 Å². The number of carbonyl (C=O) groups is 1. The van der Waals surface area contributed by atoms with Gasteiger partial charge in [0.2, 0.25) is 5.91 Å². The molecule has 0 aromatic rings. The Bertz CT molecular complexity index is 1290. The van der Waals surface area contributed by atoms with Crippen molar-refractivity contribution in [2.75, 3.05) is 13.2 Å². The minimum Gasteiger partial charge on any atom is -0.394 e. The highest BCUT2D eigenvalue weighted by atomic mass is 16.7. The fourth-order valence-corrected chi connectivity index (χ4v) is 9.25. The van der Waals surface area contributed by atoms with E-state index in [0.717, 1.165) is 44.9 Å². The number of nitrogens with one attached hydrogen (secondary N) is 1. The summed E-state index contributed by atoms with van der Waals surface area (Å²) >= 11 is 0. The van der Waals surface area contributed by atoms with Gasteiger partial charge in [-0.2, -0.15) is 0 Å². The third-order valence-electron chi connectivity index (χ3n) is 14.1. The summed E-state index contributed by atoms with van der Waals surface area (Å²) < 4.78 is 11.1. The van der Waals surface area contributed by atoms with Crippen molar-refractivity contribution in [3.8, 4) is 0 Å². The third kappa shape index (κ3) is 37.5. The number of carbonyl (C=O) groups excluding carboxylic acids is 1. The van der Waals surface area contributed by atoms with Gasteiger partial charge in [0.05, 0.1) is 25.4 Å². The van der Waals surface area contributed by atoms with Crippen LogP contribution in [0.2, 0.25) is 0 Å². The number of amides is 1. The number of rotatable bonds is 50. The zero-order chi connectivity index (χ0) is 51.8. The molecule has 0 saturated carbocycles. The molecule has 71 heavy (non-hydrogen) atoms. The summed E-state index contributed by atoms with van der Waals surface area (Å²) in [5.74, 6) is -0.711. The van der Waals surface area contributed by atoms with E-state index in [2.05, 4.69) is 67.8 Å². The molecule has 0 aromatic carbocycles. The zero-order valence-electron chi connectivity index (χ0n) is 45.5. The maximum absolute atomic E-state index is 13.2. The van der Waals surface area contributed by atoms with Crippen LogP contribution in [-0.4, -0.2) is 110 Å². The fraction of sp³-hybridized carbons (Fsp3) is 0.850. The summed E-state index contributed by atoms with van der Waals surface area (Å²) in [5.41, 5.74) is 0. The standard InChI is InChI=1S/C60H111NO10/c1-3-5-7-9-11-13-15-17-18-19-20-21-22-23-24-25-26-27-28-29-30-31-32-33-34-35-36-38-40-42-44-46-48-53(64)59(69)61-51(50-70-60-58(68)57(67)56(66)54(49-62)71-60)55(65)52(63)47-45-43-41-39-37-16-14-12-10-8-6-4-2/h12,14,20-21,23-24,39,41,51-58,60,62-68H,3-11,13,15-19,22,25-38,40,42-50H2,1-2H3,(H,61,69)/b14-12+,21-20-,24-23-,41-39+. The van der Waals surface area contributed by atoms with Crippen LogP contribution in [0.5, 0.6) is 0 Å². The molecule has 0 bridgehead atoms. The lowest BCUT2D eigenvalue weighted by atomic mass is 9.98. The van der Waals surface area contributed by atoms with Gasteiger partial charge in [0.25, 0.3) is 0 Å². The van der Waals surface area contributed by atoms with Gasteiger partial charge in [-0.1, -0.05) is 223 Å². The highest BCUT2D eigenvalue weighted by molar-refractivity contribution is 5.80. The Balaban J connectivity index is 2.20. The predicted molar refractivity (Wildman–Crippen MR) is 293 cm³/mol. The average molecular weight is 1010 g/mol. The van der Waals surface area contributed by atoms with E-state index in [-0.39, 0.29) is 12.8 Å². The van der Waals surface area contributed by atoms with Crippen molar-refractivity contribution in [3.05, 3.63) is 48.6 Å². The maximum atomic E-state index is 13.2. The summed E-state index contributed by atoms with van der Waals surface area (Å²) in [6, 6.07) is -1.19. The van der Waals surface area contributed by atoms with E-state index >= 15 is 0 Å². The molecule has 0 spiro atoms. The van der Waals surface area contributed by atoms with Gasteiger partial charge in [0.15, 0.2) is 6.29 Å². The summed E-state index contributed by atoms with van der Waals surface area (Å²) in [5, 5.41) is 75.9. The van der Waals surface area contributed by atoms with Crippen LogP contribution in [0.3, 0.4) is 0 Å². The van der Waals surface area contributed by atoms with Crippen molar-refractivity contribution in [3.63, 3.8) is 0 Å². The number of hydrogen-bond acceptors (Lipinski definition) is 10. The van der Waals surface area contributed by atoms with Gasteiger partial charge in [-0.15, -0.1) is 0 Å². The smallest absolute Gasteiger partial charge is 0.249 e. The highest BCUT2D eigenvalue weighted by Gasteiger charge is 2.44. The largest absolute Gasteiger partial charge is 0.394 e. The third-order valence-corrected chi connectivity index (χ3v) is 14.1. The van der Waals surface area contributed by atoms with E-state index in [1.807, 2.05) is 0 Å². The summed E-state index contributed by atoms with van der Waals surface area (Å²) in [6.45, 7) is 3.40. The molecular weight excluding hydrogens is 895 g/mol. The molecule has 0 radical (unpaired) electrons. The van der Waals surface area contributed by atoms with Crippen LogP contribution in [0, 0.1) is 0 Å². The van der Waals surface area contributed by atoms with Gasteiger partial charge < -0.3 is 50.5 Å². The first-order chi connectivity index (χ1) is 34.7. The lowest BCUT2D eigenvalue weighted by Gasteiger charge is -2.40. The number of hydrogen-bond donors (Lipinski definition) is 8. The molecule has 416 valence electrons. The molecule has 9 atom stereocenters. The van der Waals surface area contributed by atoms with Crippen molar-refractivity contribution < 1.29 is 50.0 Å². The van der Waals surface area contributed by atoms with Crippen LogP contribution in [0.15, 0.2) is 48.6 Å². The Hall–Kier alpha value is -1.93. The van der Waals surface area contributed by atoms with Crippen LogP contribution < -0.4 is 5.32 Å². The molecule has 1 heterocycles. The van der Waals surface area contributed by atoms with E-state index in [0.29, 0.717) is 19.3 Å². The molecule has 11 nitrogen and oxygen atoms in total. The van der Waals surface area contributed by atoms with E-state index < -0.39 is 74.2 Å². The van der Waals surface area contributed by atoms with E-state index in [9.17, 15) is 40.5 Å². The number of unbranched alkanes of at least 4 members (excludes halogenated alkanes) is 30. The molecule has 11 heteroatoms. The molecule has 1 aliphatic rings. The Kier molecular flexibility index (Phi) is 46.3. The number of allylic oxidation sites excluding steroid dienone is 8. The van der Waals surface area contributed by atoms with Crippen LogP contribution in [0.4, 0.5) is 0 Å². The first-order valence-corrected chi connectivity index (χ1v) is 29.5. The van der Waals surface area contributed by atoms with E-state index in [1.165, 1.54) is 167 Å². The molecule has 0 aromatic heterocycles. The number of ether oxygens (including phenoxy) is 2. The van der Waals surface area contributed by atoms with Crippen molar-refractivity contribution in [2.24, 2.45) is 0 Å². The lowest BCUT2D eigenvalue weighted by Crippen LogP contribution is -2.60. The molecule has 1 saturated heterocycles. The highest BCUT2D eigenvalue weighted by Crippen LogP contribution is 2.23. The van der Waals surface area contributed by atoms with Crippen molar-refractivity contribution in [2.45, 2.75) is 313 Å². The van der Waals surface area contributed by atoms with Gasteiger partial charge in [0, 0.05) is 0 Å². The quantitative estimate of drug-likeness (QED) is 0.0215. The minimum atomic E-state index is -1.67. The van der Waals surface area contributed by atoms with Gasteiger partial charge in [-0.25, -0.2) is 0 Å². The van der Waals surface area contributed by atoms with Crippen LogP contribution in [-0.2, 0) is 14.3 Å². The maximum Gasteiger partial charge on any atom is 0.249 e. The first-order valence-electron chi connectivity index (χ1n) is 29.5. The predicted octanol–water partition coefficient (Wildman–Crippen LogP) is 12.5. The molecule has 8 N–H and O–H groups in total. The molecule has 1 amide bonds. The summed E-state index contributed by atoms with van der Waals surface area (Å²) in [7, 11) is 0. The monoisotopic (exact) mass is 1010 g/mol. The minimum absolute atomic E-state index is 0.245. The molecule has 1 aliphatic heterocycles. The van der Waals surface area contributed by atoms with Crippen LogP contribution >= 0.6 is 0 Å². The van der Waals surface area contributed by atoms with Gasteiger partial charge >= 0.3 is 0 Å². The molecule has 0 aliphatic carbocycles. The Morgan fingerprint density at radius 2 is 0.887 bits per heavy atom. The number of aliphatic hydroxyl groups excluding tert-OH is 7. The van der Waals surface area contributed by atoms with E-state index in [4.69, 9.17) is 9.47 Å². The van der Waals surface area contributed by atoms with Gasteiger partial charge in [0.1, 0.15) is 36.6 Å². The van der Waals surface area contributed by atoms with Crippen molar-refractivity contribution >= 4 is 5.91 Å². The van der Waals surface area contributed by atoms with Crippen LogP contribution in [0.25, 0.3) is 0 Å². The topological polar surface area (TPSA) is 189 Å². The lowest BCUT2D eigenvalue weighted by molar-refractivity contribution is -0.303. The van der Waals surface area contributed by atoms with Gasteiger partial charge in [-0.3, -0.25) is 4.79 Å². The average Bonchev–Trinajstić information content (AvgIpc) is 3.37. The second kappa shape index (κ2) is 49.0. The normalized spacial score (nSPS) is 20.5. The Morgan fingerprint density at radius 1 is 0.493 bits per heavy atom. The van der Waals surface area contributed by atoms with Crippen molar-refractivity contribution in [1.29, 1.82) is 0 Å². The molecule has 1 fully saturated rings.